The number of rotatable bonds is 5. The molecule has 23 heavy (non-hydrogen) atoms. The van der Waals surface area contributed by atoms with Crippen LogP contribution in [0, 0.1) is 0 Å². The lowest BCUT2D eigenvalue weighted by molar-refractivity contribution is -0.114. The van der Waals surface area contributed by atoms with Crippen molar-refractivity contribution in [3.8, 4) is 11.1 Å². The minimum Gasteiger partial charge on any atom is -0.299 e. The number of thioether (sulfide) groups is 1. The Bertz CT molecular complexity index is 913. The molecule has 0 amide bonds. The van der Waals surface area contributed by atoms with E-state index in [4.69, 9.17) is 0 Å². The van der Waals surface area contributed by atoms with Crippen molar-refractivity contribution in [2.75, 3.05) is 5.75 Å². The van der Waals surface area contributed by atoms with Crippen molar-refractivity contribution in [3.63, 3.8) is 0 Å². The smallest absolute Gasteiger partial charge is 0.263 e. The molecule has 0 N–H and O–H groups in total. The molecule has 0 saturated carbocycles. The zero-order valence-corrected chi connectivity index (χ0v) is 14.5. The van der Waals surface area contributed by atoms with Crippen molar-refractivity contribution in [2.45, 2.75) is 25.5 Å². The summed E-state index contributed by atoms with van der Waals surface area (Å²) < 4.78 is 1.65. The maximum absolute atomic E-state index is 12.9. The molecule has 0 fully saturated rings. The van der Waals surface area contributed by atoms with Crippen LogP contribution in [0.4, 0.5) is 0 Å². The first-order chi connectivity index (χ1) is 11.1. The van der Waals surface area contributed by atoms with Crippen LogP contribution in [0.25, 0.3) is 21.3 Å². The molecule has 3 aromatic rings. The van der Waals surface area contributed by atoms with Gasteiger partial charge in [-0.2, -0.15) is 0 Å². The first-order valence-corrected chi connectivity index (χ1v) is 9.18. The third-order valence-electron chi connectivity index (χ3n) is 3.46. The predicted molar refractivity (Wildman–Crippen MR) is 96.4 cm³/mol. The monoisotopic (exact) mass is 344 g/mol. The van der Waals surface area contributed by atoms with E-state index in [2.05, 4.69) is 4.98 Å². The molecule has 0 spiro atoms. The molecule has 0 aliphatic carbocycles. The number of Topliss-reactive ketones (excluding diaryl/α,β-unsaturated/α-hetero) is 1. The standard InChI is InChI=1S/C17H16N2O2S2/c1-3-19-16(21)14-13(12-7-5-4-6-8-12)10-22-15(14)18-17(19)23-9-11(2)20/h4-8,10H,3,9H2,1-2H3. The molecule has 118 valence electrons. The minimum absolute atomic E-state index is 0.0383. The van der Waals surface area contributed by atoms with Crippen molar-refractivity contribution in [1.82, 2.24) is 9.55 Å². The Hall–Kier alpha value is -1.92. The number of thiophene rings is 1. The van der Waals surface area contributed by atoms with E-state index in [9.17, 15) is 9.59 Å². The van der Waals surface area contributed by atoms with Gasteiger partial charge in [0.05, 0.1) is 11.1 Å². The van der Waals surface area contributed by atoms with Gasteiger partial charge >= 0.3 is 0 Å². The fourth-order valence-electron chi connectivity index (χ4n) is 2.39. The maximum Gasteiger partial charge on any atom is 0.263 e. The van der Waals surface area contributed by atoms with E-state index in [0.717, 1.165) is 16.0 Å². The number of benzene rings is 1. The van der Waals surface area contributed by atoms with Crippen LogP contribution in [0.5, 0.6) is 0 Å². The Morgan fingerprint density at radius 1 is 1.30 bits per heavy atom. The summed E-state index contributed by atoms with van der Waals surface area (Å²) in [7, 11) is 0. The van der Waals surface area contributed by atoms with Crippen LogP contribution in [0.3, 0.4) is 0 Å². The third-order valence-corrected chi connectivity index (χ3v) is 5.46. The van der Waals surface area contributed by atoms with E-state index in [1.54, 1.807) is 11.5 Å². The van der Waals surface area contributed by atoms with E-state index >= 15 is 0 Å². The van der Waals surface area contributed by atoms with Gasteiger partial charge in [-0.3, -0.25) is 14.2 Å². The number of aromatic nitrogens is 2. The Morgan fingerprint density at radius 2 is 2.04 bits per heavy atom. The lowest BCUT2D eigenvalue weighted by Crippen LogP contribution is -2.22. The van der Waals surface area contributed by atoms with Gasteiger partial charge in [0.15, 0.2) is 5.16 Å². The molecule has 0 unspecified atom stereocenters. The molecule has 0 aliphatic rings. The highest BCUT2D eigenvalue weighted by molar-refractivity contribution is 7.99. The van der Waals surface area contributed by atoms with E-state index in [1.165, 1.54) is 23.1 Å². The van der Waals surface area contributed by atoms with Crippen molar-refractivity contribution in [2.24, 2.45) is 0 Å². The Labute approximate surface area is 142 Å². The quantitative estimate of drug-likeness (QED) is 0.521. The molecule has 0 radical (unpaired) electrons. The van der Waals surface area contributed by atoms with Crippen LogP contribution in [-0.4, -0.2) is 21.1 Å². The fourth-order valence-corrected chi connectivity index (χ4v) is 4.24. The molecular weight excluding hydrogens is 328 g/mol. The van der Waals surface area contributed by atoms with Gasteiger partial charge in [-0.1, -0.05) is 42.1 Å². The SMILES string of the molecule is CCn1c(SCC(C)=O)nc2scc(-c3ccccc3)c2c1=O. The summed E-state index contributed by atoms with van der Waals surface area (Å²) >= 11 is 2.79. The van der Waals surface area contributed by atoms with Crippen LogP contribution < -0.4 is 5.56 Å². The molecule has 2 aromatic heterocycles. The van der Waals surface area contributed by atoms with Gasteiger partial charge in [-0.05, 0) is 19.4 Å². The highest BCUT2D eigenvalue weighted by Gasteiger charge is 2.16. The van der Waals surface area contributed by atoms with Gasteiger partial charge in [0, 0.05) is 17.5 Å². The highest BCUT2D eigenvalue weighted by atomic mass is 32.2. The molecule has 1 aromatic carbocycles. The van der Waals surface area contributed by atoms with E-state index in [1.807, 2.05) is 42.6 Å². The number of nitrogens with zero attached hydrogens (tertiary/aromatic N) is 2. The molecule has 4 nitrogen and oxygen atoms in total. The normalized spacial score (nSPS) is 11.0. The molecule has 6 heteroatoms. The maximum atomic E-state index is 12.9. The van der Waals surface area contributed by atoms with Crippen molar-refractivity contribution < 1.29 is 4.79 Å². The second kappa shape index (κ2) is 6.68. The summed E-state index contributed by atoms with van der Waals surface area (Å²) in [6, 6.07) is 9.87. The van der Waals surface area contributed by atoms with E-state index in [-0.39, 0.29) is 11.3 Å². The molecule has 0 bridgehead atoms. The molecule has 0 atom stereocenters. The van der Waals surface area contributed by atoms with Crippen molar-refractivity contribution in [3.05, 3.63) is 46.1 Å². The van der Waals surface area contributed by atoms with Crippen molar-refractivity contribution >= 4 is 39.1 Å². The largest absolute Gasteiger partial charge is 0.299 e. The number of fused-ring (bicyclic) bond motifs is 1. The average molecular weight is 344 g/mol. The molecular formula is C17H16N2O2S2. The number of carbonyl (C=O) groups is 1. The Balaban J connectivity index is 2.19. The van der Waals surface area contributed by atoms with Gasteiger partial charge in [0.1, 0.15) is 10.6 Å². The van der Waals surface area contributed by atoms with Crippen LogP contribution in [0.1, 0.15) is 13.8 Å². The van der Waals surface area contributed by atoms with Crippen LogP contribution >= 0.6 is 23.1 Å². The predicted octanol–water partition coefficient (Wildman–Crippen LogP) is 3.83. The van der Waals surface area contributed by atoms with Gasteiger partial charge in [0.25, 0.3) is 5.56 Å². The van der Waals surface area contributed by atoms with Gasteiger partial charge in [-0.25, -0.2) is 4.98 Å². The Kier molecular flexibility index (Phi) is 4.63. The number of ketones is 1. The zero-order chi connectivity index (χ0) is 16.4. The summed E-state index contributed by atoms with van der Waals surface area (Å²) in [5.41, 5.74) is 1.90. The lowest BCUT2D eigenvalue weighted by Gasteiger charge is -2.09. The molecule has 2 heterocycles. The van der Waals surface area contributed by atoms with Crippen LogP contribution in [0.2, 0.25) is 0 Å². The number of carbonyl (C=O) groups excluding carboxylic acids is 1. The summed E-state index contributed by atoms with van der Waals surface area (Å²) in [4.78, 5) is 29.5. The van der Waals surface area contributed by atoms with Crippen LogP contribution in [-0.2, 0) is 11.3 Å². The van der Waals surface area contributed by atoms with Gasteiger partial charge in [-0.15, -0.1) is 11.3 Å². The van der Waals surface area contributed by atoms with Crippen molar-refractivity contribution in [1.29, 1.82) is 0 Å². The van der Waals surface area contributed by atoms with Gasteiger partial charge in [0.2, 0.25) is 0 Å². The number of hydrogen-bond acceptors (Lipinski definition) is 5. The minimum atomic E-state index is -0.0383. The third kappa shape index (κ3) is 3.09. The van der Waals surface area contributed by atoms with E-state index < -0.39 is 0 Å². The molecule has 3 rings (SSSR count). The van der Waals surface area contributed by atoms with E-state index in [0.29, 0.717) is 22.8 Å². The first kappa shape index (κ1) is 16.0. The summed E-state index contributed by atoms with van der Waals surface area (Å²) in [6.07, 6.45) is 0. The topological polar surface area (TPSA) is 52.0 Å². The lowest BCUT2D eigenvalue weighted by atomic mass is 10.1. The van der Waals surface area contributed by atoms with Crippen LogP contribution in [0.15, 0.2) is 45.7 Å². The summed E-state index contributed by atoms with van der Waals surface area (Å²) in [5.74, 6) is 0.401. The average Bonchev–Trinajstić information content (AvgIpc) is 2.98. The Morgan fingerprint density at radius 3 is 2.70 bits per heavy atom. The molecule has 0 saturated heterocycles. The first-order valence-electron chi connectivity index (χ1n) is 7.31. The molecule has 0 aliphatic heterocycles. The summed E-state index contributed by atoms with van der Waals surface area (Å²) in [5, 5.41) is 3.25. The van der Waals surface area contributed by atoms with Gasteiger partial charge < -0.3 is 0 Å². The highest BCUT2D eigenvalue weighted by Crippen LogP contribution is 2.32. The second-order valence-corrected chi connectivity index (χ2v) is 6.93. The second-order valence-electron chi connectivity index (χ2n) is 5.13. The number of hydrogen-bond donors (Lipinski definition) is 0. The zero-order valence-electron chi connectivity index (χ0n) is 12.9. The summed E-state index contributed by atoms with van der Waals surface area (Å²) in [6.45, 7) is 3.99. The fraction of sp³-hybridized carbons (Fsp3) is 0.235.